The molecule has 13 heavy (non-hydrogen) atoms. The minimum Gasteiger partial charge on any atom is -0.311 e. The van der Waals surface area contributed by atoms with Crippen LogP contribution in [0.25, 0.3) is 0 Å². The maximum absolute atomic E-state index is 13.6. The average Bonchev–Trinajstić information content (AvgIpc) is 2.55. The van der Waals surface area contributed by atoms with Gasteiger partial charge in [0.2, 0.25) is 0 Å². The van der Waals surface area contributed by atoms with E-state index in [9.17, 15) is 4.39 Å². The molecule has 0 aromatic rings. The number of hydrogen-bond donors (Lipinski definition) is 1. The van der Waals surface area contributed by atoms with Crippen molar-refractivity contribution in [1.29, 1.82) is 0 Å². The highest BCUT2D eigenvalue weighted by Gasteiger charge is 2.25. The molecule has 1 heterocycles. The number of rotatable bonds is 5. The summed E-state index contributed by atoms with van der Waals surface area (Å²) in [7, 11) is 0. The van der Waals surface area contributed by atoms with Crippen LogP contribution in [0.15, 0.2) is 0 Å². The Kier molecular flexibility index (Phi) is 4.71. The third-order valence-corrected chi connectivity index (χ3v) is 2.94. The highest BCUT2D eigenvalue weighted by atomic mass is 19.1. The van der Waals surface area contributed by atoms with Crippen molar-refractivity contribution in [2.24, 2.45) is 5.92 Å². The second-order valence-electron chi connectivity index (χ2n) is 4.35. The van der Waals surface area contributed by atoms with Gasteiger partial charge in [-0.05, 0) is 31.7 Å². The van der Waals surface area contributed by atoms with Crippen LogP contribution in [-0.2, 0) is 0 Å². The molecule has 1 nitrogen and oxygen atoms in total. The van der Waals surface area contributed by atoms with Crippen molar-refractivity contribution in [1.82, 2.24) is 5.32 Å². The van der Waals surface area contributed by atoms with E-state index in [4.69, 9.17) is 0 Å². The van der Waals surface area contributed by atoms with Gasteiger partial charge in [-0.3, -0.25) is 0 Å². The minimum absolute atomic E-state index is 0.152. The third-order valence-electron chi connectivity index (χ3n) is 2.94. The third kappa shape index (κ3) is 3.63. The van der Waals surface area contributed by atoms with E-state index in [-0.39, 0.29) is 6.04 Å². The average molecular weight is 187 g/mol. The van der Waals surface area contributed by atoms with Gasteiger partial charge in [-0.2, -0.15) is 0 Å². The van der Waals surface area contributed by atoms with Crippen LogP contribution < -0.4 is 5.32 Å². The van der Waals surface area contributed by atoms with E-state index in [1.807, 2.05) is 0 Å². The van der Waals surface area contributed by atoms with Crippen LogP contribution in [0.2, 0.25) is 0 Å². The largest absolute Gasteiger partial charge is 0.311 e. The van der Waals surface area contributed by atoms with Crippen LogP contribution in [0.1, 0.15) is 46.0 Å². The summed E-state index contributed by atoms with van der Waals surface area (Å²) in [6.07, 6.45) is 4.63. The zero-order valence-corrected chi connectivity index (χ0v) is 8.85. The normalized spacial score (nSPS) is 27.5. The zero-order chi connectivity index (χ0) is 9.68. The fourth-order valence-electron chi connectivity index (χ4n) is 2.18. The number of hydrogen-bond acceptors (Lipinski definition) is 1. The Bertz CT molecular complexity index is 132. The van der Waals surface area contributed by atoms with Gasteiger partial charge in [-0.1, -0.05) is 26.7 Å². The molecule has 0 amide bonds. The first kappa shape index (κ1) is 11.0. The summed E-state index contributed by atoms with van der Waals surface area (Å²) >= 11 is 0. The van der Waals surface area contributed by atoms with Crippen LogP contribution in [0.5, 0.6) is 0 Å². The smallest absolute Gasteiger partial charge is 0.116 e. The molecule has 0 aliphatic carbocycles. The monoisotopic (exact) mass is 187 g/mol. The SMILES string of the molecule is CCCC(C)CC(F)C1CCCN1. The maximum atomic E-state index is 13.6. The highest BCUT2D eigenvalue weighted by Crippen LogP contribution is 2.21. The molecule has 0 aromatic carbocycles. The van der Waals surface area contributed by atoms with Crippen molar-refractivity contribution < 1.29 is 4.39 Å². The molecule has 3 unspecified atom stereocenters. The molecule has 0 radical (unpaired) electrons. The van der Waals surface area contributed by atoms with Gasteiger partial charge in [0, 0.05) is 6.04 Å². The Labute approximate surface area is 81.1 Å². The molecule has 0 bridgehead atoms. The first-order chi connectivity index (χ1) is 6.24. The highest BCUT2D eigenvalue weighted by molar-refractivity contribution is 4.82. The molecule has 1 aliphatic heterocycles. The number of nitrogens with one attached hydrogen (secondary N) is 1. The fraction of sp³-hybridized carbons (Fsp3) is 1.00. The molecule has 0 spiro atoms. The lowest BCUT2D eigenvalue weighted by molar-refractivity contribution is 0.217. The lowest BCUT2D eigenvalue weighted by Gasteiger charge is -2.19. The van der Waals surface area contributed by atoms with Gasteiger partial charge in [-0.25, -0.2) is 4.39 Å². The van der Waals surface area contributed by atoms with Crippen molar-refractivity contribution >= 4 is 0 Å². The van der Waals surface area contributed by atoms with Crippen molar-refractivity contribution in [3.05, 3.63) is 0 Å². The molecule has 1 rings (SSSR count). The summed E-state index contributed by atoms with van der Waals surface area (Å²) in [6.45, 7) is 5.33. The molecule has 1 fully saturated rings. The van der Waals surface area contributed by atoms with E-state index in [2.05, 4.69) is 19.2 Å². The van der Waals surface area contributed by atoms with Crippen LogP contribution in [0.4, 0.5) is 4.39 Å². The Morgan fingerprint density at radius 2 is 2.31 bits per heavy atom. The Morgan fingerprint density at radius 3 is 2.85 bits per heavy atom. The molecule has 2 heteroatoms. The Hall–Kier alpha value is -0.110. The van der Waals surface area contributed by atoms with E-state index in [0.29, 0.717) is 5.92 Å². The van der Waals surface area contributed by atoms with Crippen molar-refractivity contribution in [2.75, 3.05) is 6.54 Å². The van der Waals surface area contributed by atoms with Crippen LogP contribution in [-0.4, -0.2) is 18.8 Å². The lowest BCUT2D eigenvalue weighted by atomic mass is 9.95. The second-order valence-corrected chi connectivity index (χ2v) is 4.35. The molecule has 78 valence electrons. The Morgan fingerprint density at radius 1 is 1.54 bits per heavy atom. The Balaban J connectivity index is 2.18. The van der Waals surface area contributed by atoms with E-state index in [1.54, 1.807) is 0 Å². The van der Waals surface area contributed by atoms with E-state index >= 15 is 0 Å². The first-order valence-electron chi connectivity index (χ1n) is 5.61. The van der Waals surface area contributed by atoms with E-state index in [1.165, 1.54) is 6.42 Å². The first-order valence-corrected chi connectivity index (χ1v) is 5.61. The molecular formula is C11H22FN. The second kappa shape index (κ2) is 5.58. The van der Waals surface area contributed by atoms with Crippen LogP contribution in [0, 0.1) is 5.92 Å². The van der Waals surface area contributed by atoms with Crippen LogP contribution >= 0.6 is 0 Å². The topological polar surface area (TPSA) is 12.0 Å². The van der Waals surface area contributed by atoms with E-state index in [0.717, 1.165) is 32.2 Å². The summed E-state index contributed by atoms with van der Waals surface area (Å²) in [4.78, 5) is 0. The van der Waals surface area contributed by atoms with Crippen molar-refractivity contribution in [3.8, 4) is 0 Å². The van der Waals surface area contributed by atoms with Gasteiger partial charge in [-0.15, -0.1) is 0 Å². The van der Waals surface area contributed by atoms with Gasteiger partial charge >= 0.3 is 0 Å². The lowest BCUT2D eigenvalue weighted by Crippen LogP contribution is -2.32. The molecule has 1 aliphatic rings. The summed E-state index contributed by atoms with van der Waals surface area (Å²) in [6, 6.07) is 0.152. The van der Waals surface area contributed by atoms with Crippen molar-refractivity contribution in [2.45, 2.75) is 58.2 Å². The standard InChI is InChI=1S/C11H22FN/c1-3-5-9(2)8-10(12)11-6-4-7-13-11/h9-11,13H,3-8H2,1-2H3. The van der Waals surface area contributed by atoms with Gasteiger partial charge in [0.15, 0.2) is 0 Å². The molecule has 1 saturated heterocycles. The molecule has 0 saturated carbocycles. The van der Waals surface area contributed by atoms with Crippen LogP contribution in [0.3, 0.4) is 0 Å². The van der Waals surface area contributed by atoms with E-state index < -0.39 is 6.17 Å². The van der Waals surface area contributed by atoms with Gasteiger partial charge < -0.3 is 5.32 Å². The number of alkyl halides is 1. The predicted molar refractivity (Wildman–Crippen MR) is 54.6 cm³/mol. The summed E-state index contributed by atoms with van der Waals surface area (Å²) < 4.78 is 13.6. The van der Waals surface area contributed by atoms with Gasteiger partial charge in [0.05, 0.1) is 0 Å². The molecule has 0 aromatic heterocycles. The summed E-state index contributed by atoms with van der Waals surface area (Å²) in [5, 5.41) is 3.23. The number of halogens is 1. The molecular weight excluding hydrogens is 165 g/mol. The minimum atomic E-state index is -0.621. The summed E-state index contributed by atoms with van der Waals surface area (Å²) in [5.74, 6) is 0.544. The van der Waals surface area contributed by atoms with Gasteiger partial charge in [0.25, 0.3) is 0 Å². The fourth-order valence-corrected chi connectivity index (χ4v) is 2.18. The summed E-state index contributed by atoms with van der Waals surface area (Å²) in [5.41, 5.74) is 0. The van der Waals surface area contributed by atoms with Crippen molar-refractivity contribution in [3.63, 3.8) is 0 Å². The maximum Gasteiger partial charge on any atom is 0.116 e. The molecule has 3 atom stereocenters. The quantitative estimate of drug-likeness (QED) is 0.698. The molecule has 1 N–H and O–H groups in total. The zero-order valence-electron chi connectivity index (χ0n) is 8.85. The predicted octanol–water partition coefficient (Wildman–Crippen LogP) is 2.90. The van der Waals surface area contributed by atoms with Gasteiger partial charge in [0.1, 0.15) is 6.17 Å².